The summed E-state index contributed by atoms with van der Waals surface area (Å²) >= 11 is 0. The van der Waals surface area contributed by atoms with Crippen molar-refractivity contribution in [2.24, 2.45) is 5.73 Å². The molecule has 21 heavy (non-hydrogen) atoms. The van der Waals surface area contributed by atoms with Gasteiger partial charge in [-0.05, 0) is 49.6 Å². The van der Waals surface area contributed by atoms with Gasteiger partial charge in [0.25, 0.3) is 0 Å². The number of aromatic nitrogens is 2. The van der Waals surface area contributed by atoms with Gasteiger partial charge in [0, 0.05) is 6.20 Å². The van der Waals surface area contributed by atoms with E-state index in [2.05, 4.69) is 34.2 Å². The van der Waals surface area contributed by atoms with Crippen molar-refractivity contribution < 1.29 is 4.74 Å². The van der Waals surface area contributed by atoms with E-state index in [-0.39, 0.29) is 0 Å². The summed E-state index contributed by atoms with van der Waals surface area (Å²) in [5.74, 6) is 0.881. The molecule has 0 amide bonds. The third-order valence-corrected chi connectivity index (χ3v) is 4.11. The first-order valence-electron chi connectivity index (χ1n) is 7.81. The Morgan fingerprint density at radius 1 is 1.14 bits per heavy atom. The summed E-state index contributed by atoms with van der Waals surface area (Å²) in [5.41, 5.74) is 7.78. The molecule has 112 valence electrons. The molecule has 0 aliphatic heterocycles. The lowest BCUT2D eigenvalue weighted by molar-refractivity contribution is 0.298. The Balaban J connectivity index is 1.54. The SMILES string of the molecule is NCCc1ccc(OCc2ccn(C3CCCC3)n2)cc1. The van der Waals surface area contributed by atoms with Gasteiger partial charge in [0.1, 0.15) is 12.4 Å². The molecule has 4 heteroatoms. The molecule has 1 fully saturated rings. The maximum Gasteiger partial charge on any atom is 0.132 e. The van der Waals surface area contributed by atoms with Gasteiger partial charge in [0.15, 0.2) is 0 Å². The predicted octanol–water partition coefficient (Wildman–Crippen LogP) is 3.08. The maximum atomic E-state index is 5.79. The lowest BCUT2D eigenvalue weighted by Crippen LogP contribution is -2.06. The normalized spacial score (nSPS) is 15.5. The molecule has 1 aliphatic rings. The molecule has 2 N–H and O–H groups in total. The number of hydrogen-bond acceptors (Lipinski definition) is 3. The van der Waals surface area contributed by atoms with Crippen molar-refractivity contribution in [3.05, 3.63) is 47.8 Å². The van der Waals surface area contributed by atoms with Crippen LogP contribution in [0.4, 0.5) is 0 Å². The molecule has 0 bridgehead atoms. The van der Waals surface area contributed by atoms with E-state index in [9.17, 15) is 0 Å². The highest BCUT2D eigenvalue weighted by Gasteiger charge is 2.17. The first kappa shape index (κ1) is 14.1. The van der Waals surface area contributed by atoms with Crippen LogP contribution in [0.3, 0.4) is 0 Å². The molecule has 1 heterocycles. The second-order valence-electron chi connectivity index (χ2n) is 5.70. The lowest BCUT2D eigenvalue weighted by Gasteiger charge is -2.09. The molecular weight excluding hydrogens is 262 g/mol. The van der Waals surface area contributed by atoms with E-state index in [0.29, 0.717) is 19.2 Å². The third-order valence-electron chi connectivity index (χ3n) is 4.11. The summed E-state index contributed by atoms with van der Waals surface area (Å²) in [6.07, 6.45) is 8.15. The van der Waals surface area contributed by atoms with Crippen molar-refractivity contribution >= 4 is 0 Å². The Morgan fingerprint density at radius 2 is 1.90 bits per heavy atom. The van der Waals surface area contributed by atoms with Crippen LogP contribution in [0.25, 0.3) is 0 Å². The summed E-state index contributed by atoms with van der Waals surface area (Å²) in [6.45, 7) is 1.20. The van der Waals surface area contributed by atoms with Gasteiger partial charge in [0.2, 0.25) is 0 Å². The van der Waals surface area contributed by atoms with Crippen LogP contribution in [-0.4, -0.2) is 16.3 Å². The lowest BCUT2D eigenvalue weighted by atomic mass is 10.1. The van der Waals surface area contributed by atoms with Crippen LogP contribution in [0.1, 0.15) is 43.0 Å². The van der Waals surface area contributed by atoms with Crippen molar-refractivity contribution in [3.63, 3.8) is 0 Å². The van der Waals surface area contributed by atoms with Gasteiger partial charge in [-0.3, -0.25) is 4.68 Å². The maximum absolute atomic E-state index is 5.79. The first-order chi connectivity index (χ1) is 10.3. The molecular formula is C17H23N3O. The number of rotatable bonds is 6. The Labute approximate surface area is 125 Å². The zero-order valence-corrected chi connectivity index (χ0v) is 12.4. The molecule has 3 rings (SSSR count). The zero-order chi connectivity index (χ0) is 14.5. The van der Waals surface area contributed by atoms with Crippen LogP contribution < -0.4 is 10.5 Å². The quantitative estimate of drug-likeness (QED) is 0.887. The van der Waals surface area contributed by atoms with E-state index in [1.54, 1.807) is 0 Å². The average Bonchev–Trinajstić information content (AvgIpc) is 3.18. The average molecular weight is 285 g/mol. The van der Waals surface area contributed by atoms with E-state index in [0.717, 1.165) is 17.9 Å². The number of hydrogen-bond donors (Lipinski definition) is 1. The minimum atomic E-state index is 0.524. The number of benzene rings is 1. The van der Waals surface area contributed by atoms with E-state index in [4.69, 9.17) is 10.5 Å². The topological polar surface area (TPSA) is 53.1 Å². The summed E-state index contributed by atoms with van der Waals surface area (Å²) < 4.78 is 7.90. The zero-order valence-electron chi connectivity index (χ0n) is 12.4. The van der Waals surface area contributed by atoms with Crippen LogP contribution in [0.2, 0.25) is 0 Å². The van der Waals surface area contributed by atoms with Crippen molar-refractivity contribution in [3.8, 4) is 5.75 Å². The van der Waals surface area contributed by atoms with Crippen molar-refractivity contribution in [1.82, 2.24) is 9.78 Å². The van der Waals surface area contributed by atoms with E-state index in [1.807, 2.05) is 12.1 Å². The summed E-state index contributed by atoms with van der Waals surface area (Å²) in [4.78, 5) is 0. The molecule has 4 nitrogen and oxygen atoms in total. The molecule has 0 spiro atoms. The number of ether oxygens (including phenoxy) is 1. The second kappa shape index (κ2) is 6.76. The standard InChI is InChI=1S/C17H23N3O/c18-11-9-14-5-7-17(8-6-14)21-13-15-10-12-20(19-15)16-3-1-2-4-16/h5-8,10,12,16H,1-4,9,11,13,18H2. The monoisotopic (exact) mass is 285 g/mol. The van der Waals surface area contributed by atoms with Gasteiger partial charge in [0.05, 0.1) is 11.7 Å². The highest BCUT2D eigenvalue weighted by Crippen LogP contribution is 2.28. The molecule has 0 atom stereocenters. The highest BCUT2D eigenvalue weighted by molar-refractivity contribution is 5.27. The largest absolute Gasteiger partial charge is 0.487 e. The van der Waals surface area contributed by atoms with Crippen LogP contribution in [0.5, 0.6) is 5.75 Å². The van der Waals surface area contributed by atoms with Gasteiger partial charge in [-0.2, -0.15) is 5.10 Å². The molecule has 0 saturated heterocycles. The van der Waals surface area contributed by atoms with Gasteiger partial charge in [-0.25, -0.2) is 0 Å². The fraction of sp³-hybridized carbons (Fsp3) is 0.471. The first-order valence-corrected chi connectivity index (χ1v) is 7.81. The van der Waals surface area contributed by atoms with Crippen molar-refractivity contribution in [2.45, 2.75) is 44.8 Å². The Kier molecular flexibility index (Phi) is 4.55. The number of nitrogens with zero attached hydrogens (tertiary/aromatic N) is 2. The van der Waals surface area contributed by atoms with Gasteiger partial charge in [-0.1, -0.05) is 25.0 Å². The van der Waals surface area contributed by atoms with Crippen LogP contribution in [-0.2, 0) is 13.0 Å². The van der Waals surface area contributed by atoms with E-state index >= 15 is 0 Å². The molecule has 1 aromatic heterocycles. The second-order valence-corrected chi connectivity index (χ2v) is 5.70. The van der Waals surface area contributed by atoms with Crippen molar-refractivity contribution in [2.75, 3.05) is 6.54 Å². The van der Waals surface area contributed by atoms with Crippen molar-refractivity contribution in [1.29, 1.82) is 0 Å². The third kappa shape index (κ3) is 3.64. The van der Waals surface area contributed by atoms with Crippen LogP contribution in [0, 0.1) is 0 Å². The summed E-state index contributed by atoms with van der Waals surface area (Å²) in [6, 6.07) is 10.8. The minimum absolute atomic E-state index is 0.524. The Morgan fingerprint density at radius 3 is 2.62 bits per heavy atom. The Hall–Kier alpha value is -1.81. The molecule has 1 aromatic carbocycles. The molecule has 0 radical (unpaired) electrons. The molecule has 0 unspecified atom stereocenters. The molecule has 2 aromatic rings. The molecule has 1 aliphatic carbocycles. The molecule has 1 saturated carbocycles. The smallest absolute Gasteiger partial charge is 0.132 e. The fourth-order valence-electron chi connectivity index (χ4n) is 2.90. The number of nitrogens with two attached hydrogens (primary N) is 1. The van der Waals surface area contributed by atoms with Gasteiger partial charge in [-0.15, -0.1) is 0 Å². The van der Waals surface area contributed by atoms with Gasteiger partial charge >= 0.3 is 0 Å². The van der Waals surface area contributed by atoms with Crippen LogP contribution >= 0.6 is 0 Å². The highest BCUT2D eigenvalue weighted by atomic mass is 16.5. The van der Waals surface area contributed by atoms with E-state index < -0.39 is 0 Å². The summed E-state index contributed by atoms with van der Waals surface area (Å²) in [5, 5.41) is 4.63. The van der Waals surface area contributed by atoms with E-state index in [1.165, 1.54) is 31.2 Å². The predicted molar refractivity (Wildman–Crippen MR) is 83.3 cm³/mol. The minimum Gasteiger partial charge on any atom is -0.487 e. The summed E-state index contributed by atoms with van der Waals surface area (Å²) in [7, 11) is 0. The van der Waals surface area contributed by atoms with Gasteiger partial charge < -0.3 is 10.5 Å². The van der Waals surface area contributed by atoms with Crippen LogP contribution in [0.15, 0.2) is 36.5 Å². The fourth-order valence-corrected chi connectivity index (χ4v) is 2.90. The Bertz CT molecular complexity index is 556.